The highest BCUT2D eigenvalue weighted by atomic mass is 35.5. The Bertz CT molecular complexity index is 939. The first-order valence-electron chi connectivity index (χ1n) is 10.4. The molecule has 1 aromatic heterocycles. The first-order valence-corrected chi connectivity index (χ1v) is 10.8. The van der Waals surface area contributed by atoms with Crippen molar-refractivity contribution in [1.82, 2.24) is 14.8 Å². The van der Waals surface area contributed by atoms with Gasteiger partial charge in [-0.3, -0.25) is 9.78 Å². The summed E-state index contributed by atoms with van der Waals surface area (Å²) in [6, 6.07) is 5.60. The Morgan fingerprint density at radius 3 is 2.55 bits per heavy atom. The van der Waals surface area contributed by atoms with E-state index in [1.165, 1.54) is 12.0 Å². The highest BCUT2D eigenvalue weighted by Gasteiger charge is 2.26. The highest BCUT2D eigenvalue weighted by molar-refractivity contribution is 6.36. The van der Waals surface area contributed by atoms with Crippen molar-refractivity contribution >= 4 is 34.5 Å². The first-order chi connectivity index (χ1) is 14.1. The number of amides is 2. The summed E-state index contributed by atoms with van der Waals surface area (Å²) in [5.41, 5.74) is 3.64. The molecule has 6 nitrogen and oxygen atoms in total. The van der Waals surface area contributed by atoms with Gasteiger partial charge < -0.3 is 14.5 Å². The number of hydrogen-bond acceptors (Lipinski definition) is 4. The van der Waals surface area contributed by atoms with Gasteiger partial charge in [0.1, 0.15) is 0 Å². The molecule has 4 rings (SSSR count). The van der Waals surface area contributed by atoms with E-state index in [0.29, 0.717) is 38.3 Å². The number of aromatic nitrogens is 1. The summed E-state index contributed by atoms with van der Waals surface area (Å²) in [5.74, 6) is -0.0386. The van der Waals surface area contributed by atoms with Gasteiger partial charge in [0.05, 0.1) is 17.1 Å². The van der Waals surface area contributed by atoms with Crippen LogP contribution in [0.5, 0.6) is 0 Å². The minimum absolute atomic E-state index is 0.0386. The minimum atomic E-state index is -0.315. The van der Waals surface area contributed by atoms with Gasteiger partial charge in [-0.25, -0.2) is 4.79 Å². The van der Waals surface area contributed by atoms with Crippen molar-refractivity contribution in [3.05, 3.63) is 40.0 Å². The number of pyridine rings is 1. The van der Waals surface area contributed by atoms with E-state index in [-0.39, 0.29) is 12.0 Å². The third-order valence-electron chi connectivity index (χ3n) is 5.78. The summed E-state index contributed by atoms with van der Waals surface area (Å²) in [7, 11) is 0. The van der Waals surface area contributed by atoms with Crippen LogP contribution >= 0.6 is 11.6 Å². The predicted octanol–water partition coefficient (Wildman–Crippen LogP) is 4.07. The van der Waals surface area contributed by atoms with Gasteiger partial charge in [0.25, 0.3) is 5.91 Å². The quantitative estimate of drug-likeness (QED) is 0.693. The van der Waals surface area contributed by atoms with Crippen LogP contribution in [0.25, 0.3) is 10.9 Å². The number of ether oxygens (including phenoxy) is 1. The van der Waals surface area contributed by atoms with Gasteiger partial charge >= 0.3 is 6.09 Å². The summed E-state index contributed by atoms with van der Waals surface area (Å²) in [4.78, 5) is 33.1. The maximum atomic E-state index is 13.0. The van der Waals surface area contributed by atoms with Gasteiger partial charge in [-0.05, 0) is 50.3 Å². The molecular formula is C22H26ClN3O3. The van der Waals surface area contributed by atoms with Crippen LogP contribution in [0, 0.1) is 0 Å². The normalized spacial score (nSPS) is 17.0. The molecule has 2 aromatic rings. The Hall–Kier alpha value is -2.34. The van der Waals surface area contributed by atoms with Crippen LogP contribution in [-0.4, -0.2) is 59.6 Å². The molecule has 0 radical (unpaired) electrons. The van der Waals surface area contributed by atoms with Gasteiger partial charge in [-0.1, -0.05) is 24.1 Å². The fraction of sp³-hybridized carbons (Fsp3) is 0.500. The number of rotatable bonds is 2. The number of halogens is 1. The van der Waals surface area contributed by atoms with Crippen molar-refractivity contribution in [2.24, 2.45) is 0 Å². The molecular weight excluding hydrogens is 390 g/mol. The molecule has 0 unspecified atom stereocenters. The monoisotopic (exact) mass is 415 g/mol. The summed E-state index contributed by atoms with van der Waals surface area (Å²) < 4.78 is 5.04. The van der Waals surface area contributed by atoms with Crippen LogP contribution < -0.4 is 0 Å². The van der Waals surface area contributed by atoms with Crippen molar-refractivity contribution in [3.8, 4) is 0 Å². The molecule has 1 fully saturated rings. The first kappa shape index (κ1) is 20.0. The van der Waals surface area contributed by atoms with Crippen molar-refractivity contribution in [3.63, 3.8) is 0 Å². The van der Waals surface area contributed by atoms with Gasteiger partial charge in [0.2, 0.25) is 0 Å². The lowest BCUT2D eigenvalue weighted by molar-refractivity contribution is 0.0570. The van der Waals surface area contributed by atoms with Crippen molar-refractivity contribution in [2.45, 2.75) is 39.0 Å². The van der Waals surface area contributed by atoms with E-state index in [1.807, 2.05) is 18.2 Å². The fourth-order valence-corrected chi connectivity index (χ4v) is 4.53. The maximum Gasteiger partial charge on any atom is 0.409 e. The maximum absolute atomic E-state index is 13.0. The molecule has 1 aliphatic carbocycles. The third-order valence-corrected chi connectivity index (χ3v) is 6.21. The number of benzene rings is 1. The van der Waals surface area contributed by atoms with Crippen LogP contribution in [0.2, 0.25) is 5.02 Å². The molecule has 0 atom stereocenters. The Morgan fingerprint density at radius 1 is 1.07 bits per heavy atom. The zero-order valence-electron chi connectivity index (χ0n) is 16.7. The zero-order valence-corrected chi connectivity index (χ0v) is 17.5. The van der Waals surface area contributed by atoms with Gasteiger partial charge in [0.15, 0.2) is 0 Å². The standard InChI is InChI=1S/C22H26ClN3O3/c1-2-29-22(28)26-12-10-25(11-13-26)21(27)15-8-9-17-19(14-15)24-18-7-5-3-4-6-16(18)20(17)23/h8-9,14H,2-7,10-13H2,1H3. The van der Waals surface area contributed by atoms with E-state index in [4.69, 9.17) is 21.3 Å². The van der Waals surface area contributed by atoms with E-state index in [1.54, 1.807) is 16.7 Å². The van der Waals surface area contributed by atoms with Crippen LogP contribution in [0.3, 0.4) is 0 Å². The number of nitrogens with zero attached hydrogens (tertiary/aromatic N) is 3. The van der Waals surface area contributed by atoms with Crippen molar-refractivity contribution in [1.29, 1.82) is 0 Å². The lowest BCUT2D eigenvalue weighted by atomic mass is 10.0. The Kier molecular flexibility index (Phi) is 5.90. The van der Waals surface area contributed by atoms with Gasteiger partial charge in [-0.15, -0.1) is 0 Å². The Labute approximate surface area is 175 Å². The number of piperazine rings is 1. The van der Waals surface area contributed by atoms with E-state index >= 15 is 0 Å². The molecule has 0 saturated carbocycles. The molecule has 2 aliphatic rings. The number of carbonyl (C=O) groups excluding carboxylic acids is 2. The SMILES string of the molecule is CCOC(=O)N1CCN(C(=O)c2ccc3c(Cl)c4c(nc3c2)CCCCC4)CC1. The summed E-state index contributed by atoms with van der Waals surface area (Å²) >= 11 is 6.70. The zero-order chi connectivity index (χ0) is 20.4. The molecule has 0 bridgehead atoms. The van der Waals surface area contributed by atoms with Crippen LogP contribution in [0.4, 0.5) is 4.79 Å². The summed E-state index contributed by atoms with van der Waals surface area (Å²) in [6.07, 6.45) is 5.08. The van der Waals surface area contributed by atoms with E-state index in [0.717, 1.165) is 47.3 Å². The average Bonchev–Trinajstić information content (AvgIpc) is 2.99. The predicted molar refractivity (Wildman–Crippen MR) is 113 cm³/mol. The minimum Gasteiger partial charge on any atom is -0.450 e. The molecule has 1 aromatic carbocycles. The fourth-order valence-electron chi connectivity index (χ4n) is 4.17. The Balaban J connectivity index is 1.54. The smallest absolute Gasteiger partial charge is 0.409 e. The molecule has 29 heavy (non-hydrogen) atoms. The number of hydrogen-bond donors (Lipinski definition) is 0. The van der Waals surface area contributed by atoms with Crippen molar-refractivity contribution in [2.75, 3.05) is 32.8 Å². The number of carbonyl (C=O) groups is 2. The van der Waals surface area contributed by atoms with E-state index < -0.39 is 0 Å². The van der Waals surface area contributed by atoms with Gasteiger partial charge in [0, 0.05) is 42.8 Å². The molecule has 2 heterocycles. The van der Waals surface area contributed by atoms with E-state index in [9.17, 15) is 9.59 Å². The summed E-state index contributed by atoms with van der Waals surface area (Å²) in [6.45, 7) is 4.10. The lowest BCUT2D eigenvalue weighted by Crippen LogP contribution is -2.50. The second kappa shape index (κ2) is 8.57. The van der Waals surface area contributed by atoms with Gasteiger partial charge in [-0.2, -0.15) is 0 Å². The molecule has 7 heteroatoms. The average molecular weight is 416 g/mol. The molecule has 2 amide bonds. The summed E-state index contributed by atoms with van der Waals surface area (Å²) in [5, 5.41) is 1.70. The number of aryl methyl sites for hydroxylation is 1. The van der Waals surface area contributed by atoms with Crippen LogP contribution in [-0.2, 0) is 17.6 Å². The second-order valence-corrected chi connectivity index (χ2v) is 8.00. The molecule has 1 saturated heterocycles. The highest BCUT2D eigenvalue weighted by Crippen LogP contribution is 2.32. The largest absolute Gasteiger partial charge is 0.450 e. The van der Waals surface area contributed by atoms with Crippen LogP contribution in [0.15, 0.2) is 18.2 Å². The molecule has 0 N–H and O–H groups in total. The van der Waals surface area contributed by atoms with Crippen LogP contribution in [0.1, 0.15) is 47.8 Å². The third kappa shape index (κ3) is 4.04. The molecule has 1 aliphatic heterocycles. The van der Waals surface area contributed by atoms with E-state index in [2.05, 4.69) is 0 Å². The Morgan fingerprint density at radius 2 is 1.79 bits per heavy atom. The number of fused-ring (bicyclic) bond motifs is 2. The molecule has 154 valence electrons. The molecule has 0 spiro atoms. The van der Waals surface area contributed by atoms with Crippen molar-refractivity contribution < 1.29 is 14.3 Å². The topological polar surface area (TPSA) is 62.7 Å². The lowest BCUT2D eigenvalue weighted by Gasteiger charge is -2.34. The second-order valence-electron chi connectivity index (χ2n) is 7.62.